The van der Waals surface area contributed by atoms with Crippen LogP contribution in [0.3, 0.4) is 0 Å². The number of hydrogen-bond acceptors (Lipinski definition) is 5. The van der Waals surface area contributed by atoms with Crippen molar-refractivity contribution in [2.75, 3.05) is 6.16 Å². The van der Waals surface area contributed by atoms with E-state index >= 15 is 0 Å². The van der Waals surface area contributed by atoms with E-state index in [4.69, 9.17) is 14.4 Å². The third-order valence-corrected chi connectivity index (χ3v) is 5.86. The Bertz CT molecular complexity index is 531. The highest BCUT2D eigenvalue weighted by molar-refractivity contribution is 7.38. The molecule has 1 amide bonds. The number of rotatable bonds is 10. The normalized spacial score (nSPS) is 23.1. The fourth-order valence-electron chi connectivity index (χ4n) is 3.37. The summed E-state index contributed by atoms with van der Waals surface area (Å²) in [5.41, 5.74) is 0. The summed E-state index contributed by atoms with van der Waals surface area (Å²) in [5.74, 6) is -0.573. The van der Waals surface area contributed by atoms with Crippen molar-refractivity contribution in [2.45, 2.75) is 78.8 Å². The predicted molar refractivity (Wildman–Crippen MR) is 105 cm³/mol. The van der Waals surface area contributed by atoms with Gasteiger partial charge in [-0.2, -0.15) is 0 Å². The summed E-state index contributed by atoms with van der Waals surface area (Å²) in [6.45, 7) is 6.82. The highest BCUT2D eigenvalue weighted by atomic mass is 31.1. The van der Waals surface area contributed by atoms with Crippen LogP contribution in [0.4, 0.5) is 9.18 Å². The van der Waals surface area contributed by atoms with Gasteiger partial charge in [-0.15, -0.1) is 0 Å². The molecule has 164 valence electrons. The zero-order valence-corrected chi connectivity index (χ0v) is 18.3. The number of carbonyl (C=O) groups is 2. The molecule has 1 aliphatic rings. The topological polar surface area (TPSA) is 102 Å². The number of esters is 1. The molecule has 0 aromatic carbocycles. The van der Waals surface area contributed by atoms with Gasteiger partial charge in [0, 0.05) is 12.1 Å². The molecule has 0 saturated heterocycles. The summed E-state index contributed by atoms with van der Waals surface area (Å²) in [4.78, 5) is 32.7. The van der Waals surface area contributed by atoms with Crippen LogP contribution in [0.1, 0.15) is 66.2 Å². The maximum absolute atomic E-state index is 14.2. The molecule has 0 radical (unpaired) electrons. The van der Waals surface area contributed by atoms with E-state index in [-0.39, 0.29) is 24.2 Å². The van der Waals surface area contributed by atoms with Crippen molar-refractivity contribution >= 4 is 20.1 Å². The molecule has 0 bridgehead atoms. The quantitative estimate of drug-likeness (QED) is 0.236. The molecule has 0 aromatic heterocycles. The number of amides is 1. The molecule has 0 aromatic rings. The van der Waals surface area contributed by atoms with Gasteiger partial charge in [0.15, 0.2) is 14.3 Å². The Morgan fingerprint density at radius 3 is 2.39 bits per heavy atom. The zero-order chi connectivity index (χ0) is 21.3. The van der Waals surface area contributed by atoms with Gasteiger partial charge in [-0.1, -0.05) is 40.5 Å². The molecule has 2 N–H and O–H groups in total. The first-order chi connectivity index (χ1) is 13.1. The number of halogens is 1. The van der Waals surface area contributed by atoms with Crippen molar-refractivity contribution in [2.24, 2.45) is 23.7 Å². The molecule has 9 heteroatoms. The van der Waals surface area contributed by atoms with Gasteiger partial charge >= 0.3 is 12.1 Å². The highest BCUT2D eigenvalue weighted by Crippen LogP contribution is 2.36. The monoisotopic (exact) mass is 423 g/mol. The van der Waals surface area contributed by atoms with Crippen LogP contribution in [0.15, 0.2) is 0 Å². The molecule has 0 aliphatic heterocycles. The third-order valence-electron chi connectivity index (χ3n) is 4.93. The van der Waals surface area contributed by atoms with Crippen LogP contribution in [0.5, 0.6) is 0 Å². The number of alkyl carbamates (subject to hydrolysis) is 1. The summed E-state index contributed by atoms with van der Waals surface area (Å²) in [7, 11) is -2.47. The molecule has 0 heterocycles. The van der Waals surface area contributed by atoms with E-state index in [2.05, 4.69) is 5.32 Å². The van der Waals surface area contributed by atoms with Crippen LogP contribution < -0.4 is 5.32 Å². The fraction of sp³-hybridized carbons (Fsp3) is 0.895. The molecule has 1 saturated carbocycles. The molecular weight excluding hydrogens is 388 g/mol. The zero-order valence-electron chi connectivity index (χ0n) is 17.3. The lowest BCUT2D eigenvalue weighted by atomic mass is 9.80. The molecule has 0 spiro atoms. The summed E-state index contributed by atoms with van der Waals surface area (Å²) >= 11 is 0. The lowest BCUT2D eigenvalue weighted by molar-refractivity contribution is -0.178. The molecular formula is C19H35FNO6P. The maximum atomic E-state index is 14.2. The summed E-state index contributed by atoms with van der Waals surface area (Å²) in [5, 5.41) is 2.15. The summed E-state index contributed by atoms with van der Waals surface area (Å²) < 4.78 is 35.4. The standard InChI is InChI=1S/C19H35FNO6P/c1-12(2)17(22)26-18(13(3)4)27-19(23)21-16(20)9-8-14-6-5-7-15(10-14)11-28(24)25/h12-16,18,28H,5-11H2,1-4H3,(H,21,23)(H,24,25)/t14?,15?,16?,18-/m1/s1. The maximum Gasteiger partial charge on any atom is 0.412 e. The number of hydrogen-bond donors (Lipinski definition) is 2. The van der Waals surface area contributed by atoms with Gasteiger partial charge in [0.25, 0.3) is 6.29 Å². The molecule has 4 unspecified atom stereocenters. The van der Waals surface area contributed by atoms with E-state index in [1.807, 2.05) is 0 Å². The Hall–Kier alpha value is -1.14. The predicted octanol–water partition coefficient (Wildman–Crippen LogP) is 4.24. The first kappa shape index (κ1) is 24.9. The first-order valence-electron chi connectivity index (χ1n) is 10.1. The van der Waals surface area contributed by atoms with Gasteiger partial charge < -0.3 is 14.4 Å². The smallest absolute Gasteiger partial charge is 0.412 e. The van der Waals surface area contributed by atoms with Crippen molar-refractivity contribution in [1.82, 2.24) is 5.32 Å². The lowest BCUT2D eigenvalue weighted by Gasteiger charge is -2.29. The third kappa shape index (κ3) is 9.87. The van der Waals surface area contributed by atoms with Crippen LogP contribution in [0.2, 0.25) is 0 Å². The van der Waals surface area contributed by atoms with Gasteiger partial charge in [0.1, 0.15) is 0 Å². The summed E-state index contributed by atoms with van der Waals surface area (Å²) in [6, 6.07) is 0. The van der Waals surface area contributed by atoms with Gasteiger partial charge in [-0.25, -0.2) is 9.18 Å². The molecule has 1 aliphatic carbocycles. The minimum atomic E-state index is -2.47. The van der Waals surface area contributed by atoms with Gasteiger partial charge in [-0.05, 0) is 37.5 Å². The molecule has 7 nitrogen and oxygen atoms in total. The summed E-state index contributed by atoms with van der Waals surface area (Å²) in [6.07, 6.45) is 1.24. The van der Waals surface area contributed by atoms with Gasteiger partial charge in [-0.3, -0.25) is 14.7 Å². The van der Waals surface area contributed by atoms with Crippen LogP contribution in [-0.4, -0.2) is 35.7 Å². The largest absolute Gasteiger partial charge is 0.425 e. The van der Waals surface area contributed by atoms with Crippen LogP contribution in [0.25, 0.3) is 0 Å². The Labute approximate surface area is 167 Å². The Balaban J connectivity index is 2.38. The molecule has 1 fully saturated rings. The fourth-order valence-corrected chi connectivity index (χ4v) is 4.23. The number of ether oxygens (including phenoxy) is 2. The molecule has 28 heavy (non-hydrogen) atoms. The van der Waals surface area contributed by atoms with E-state index in [0.29, 0.717) is 18.5 Å². The Kier molecular flexibility index (Phi) is 11.1. The number of carbonyl (C=O) groups excluding carboxylic acids is 2. The van der Waals surface area contributed by atoms with Gasteiger partial charge in [0.2, 0.25) is 0 Å². The van der Waals surface area contributed by atoms with Crippen molar-refractivity contribution in [1.29, 1.82) is 0 Å². The van der Waals surface area contributed by atoms with Crippen LogP contribution in [-0.2, 0) is 18.8 Å². The van der Waals surface area contributed by atoms with Crippen molar-refractivity contribution < 1.29 is 32.9 Å². The lowest BCUT2D eigenvalue weighted by Crippen LogP contribution is -2.38. The highest BCUT2D eigenvalue weighted by Gasteiger charge is 2.27. The number of nitrogens with one attached hydrogen (secondary N) is 1. The van der Waals surface area contributed by atoms with E-state index in [1.54, 1.807) is 27.7 Å². The molecule has 1 rings (SSSR count). The van der Waals surface area contributed by atoms with E-state index in [0.717, 1.165) is 25.7 Å². The van der Waals surface area contributed by atoms with E-state index in [9.17, 15) is 18.5 Å². The Morgan fingerprint density at radius 1 is 1.18 bits per heavy atom. The molecule has 5 atom stereocenters. The minimum absolute atomic E-state index is 0.152. The van der Waals surface area contributed by atoms with Crippen molar-refractivity contribution in [3.05, 3.63) is 0 Å². The van der Waals surface area contributed by atoms with E-state index in [1.165, 1.54) is 0 Å². The second-order valence-electron chi connectivity index (χ2n) is 8.30. The van der Waals surface area contributed by atoms with Crippen LogP contribution >= 0.6 is 8.03 Å². The van der Waals surface area contributed by atoms with Crippen LogP contribution in [0, 0.1) is 23.7 Å². The average molecular weight is 423 g/mol. The minimum Gasteiger partial charge on any atom is -0.425 e. The van der Waals surface area contributed by atoms with Crippen molar-refractivity contribution in [3.63, 3.8) is 0 Å². The Morgan fingerprint density at radius 2 is 1.82 bits per heavy atom. The second-order valence-corrected chi connectivity index (χ2v) is 9.49. The SMILES string of the molecule is CC(C)C(=O)O[C@H](OC(=O)NC(F)CCC1CCCC(C[PH](=O)O)C1)C(C)C. The number of alkyl halides is 1. The van der Waals surface area contributed by atoms with Gasteiger partial charge in [0.05, 0.1) is 5.92 Å². The van der Waals surface area contributed by atoms with Crippen molar-refractivity contribution in [3.8, 4) is 0 Å². The van der Waals surface area contributed by atoms with E-state index < -0.39 is 32.7 Å². The first-order valence-corrected chi connectivity index (χ1v) is 11.7. The average Bonchev–Trinajstić information content (AvgIpc) is 2.58. The second kappa shape index (κ2) is 12.4.